The Morgan fingerprint density at radius 2 is 2.10 bits per heavy atom. The summed E-state index contributed by atoms with van der Waals surface area (Å²) in [5.74, 6) is -0.107. The lowest BCUT2D eigenvalue weighted by Gasteiger charge is -2.19. The Balaban J connectivity index is 2.13. The van der Waals surface area contributed by atoms with Crippen molar-refractivity contribution in [2.75, 3.05) is 5.73 Å². The Labute approximate surface area is 118 Å². The van der Waals surface area contributed by atoms with Gasteiger partial charge in [0.2, 0.25) is 0 Å². The Bertz CT molecular complexity index is 729. The van der Waals surface area contributed by atoms with E-state index in [0.29, 0.717) is 0 Å². The van der Waals surface area contributed by atoms with Gasteiger partial charge in [0, 0.05) is 0 Å². The Hall–Kier alpha value is -2.10. The van der Waals surface area contributed by atoms with Crippen LogP contribution in [0.1, 0.15) is 13.0 Å². The van der Waals surface area contributed by atoms with Crippen LogP contribution in [0.25, 0.3) is 11.2 Å². The van der Waals surface area contributed by atoms with Gasteiger partial charge in [0.25, 0.3) is 0 Å². The number of nitrogens with zero attached hydrogens (tertiary/aromatic N) is 4. The minimum atomic E-state index is -1.21. The third-order valence-corrected chi connectivity index (χ3v) is 3.60. The molecule has 0 aromatic carbocycles. The number of halogens is 1. The second-order valence-corrected chi connectivity index (χ2v) is 4.97. The predicted octanol–water partition coefficient (Wildman–Crippen LogP) is -0.869. The van der Waals surface area contributed by atoms with E-state index in [1.807, 2.05) is 0 Å². The molecule has 0 spiro atoms. The summed E-state index contributed by atoms with van der Waals surface area (Å²) >= 11 is 0. The maximum Gasteiger partial charge on any atom is 0.312 e. The molecule has 0 amide bonds. The van der Waals surface area contributed by atoms with Crippen LogP contribution in [0.4, 0.5) is 10.2 Å². The van der Waals surface area contributed by atoms with Gasteiger partial charge in [-0.05, 0) is 12.5 Å². The first-order valence-electron chi connectivity index (χ1n) is 6.31. The maximum absolute atomic E-state index is 13.3. The fraction of sp³-hybridized carbons (Fsp3) is 0.417. The molecule has 0 aliphatic heterocycles. The average Bonchev–Trinajstić information content (AvgIpc) is 2.93. The highest BCUT2D eigenvalue weighted by Gasteiger charge is 2.38. The molecular formula is C12H14FN5O3. The van der Waals surface area contributed by atoms with E-state index >= 15 is 0 Å². The summed E-state index contributed by atoms with van der Waals surface area (Å²) in [6, 6.07) is -0.733. The van der Waals surface area contributed by atoms with Crippen molar-refractivity contribution in [1.82, 2.24) is 19.5 Å². The molecule has 0 saturated heterocycles. The van der Waals surface area contributed by atoms with Gasteiger partial charge in [0.15, 0.2) is 11.5 Å². The number of fused-ring (bicyclic) bond motifs is 1. The molecule has 2 aromatic rings. The van der Waals surface area contributed by atoms with Crippen LogP contribution in [0.15, 0.2) is 18.0 Å². The van der Waals surface area contributed by atoms with E-state index in [9.17, 15) is 19.7 Å². The molecule has 5 N–H and O–H groups in total. The number of nitrogen functional groups attached to an aromatic ring is 1. The predicted molar refractivity (Wildman–Crippen MR) is 70.5 cm³/mol. The molecule has 21 heavy (non-hydrogen) atoms. The van der Waals surface area contributed by atoms with Crippen LogP contribution < -0.4 is 5.73 Å². The van der Waals surface area contributed by atoms with E-state index in [1.165, 1.54) is 23.9 Å². The van der Waals surface area contributed by atoms with Gasteiger partial charge in [-0.25, -0.2) is 4.98 Å². The van der Waals surface area contributed by atoms with Gasteiger partial charge in [-0.3, -0.25) is 0 Å². The van der Waals surface area contributed by atoms with Crippen LogP contribution in [0.3, 0.4) is 0 Å². The average molecular weight is 295 g/mol. The highest BCUT2D eigenvalue weighted by molar-refractivity contribution is 5.81. The van der Waals surface area contributed by atoms with Crippen molar-refractivity contribution < 1.29 is 19.7 Å². The monoisotopic (exact) mass is 295 g/mol. The van der Waals surface area contributed by atoms with Crippen molar-refractivity contribution in [2.45, 2.75) is 31.3 Å². The van der Waals surface area contributed by atoms with Gasteiger partial charge in [0.1, 0.15) is 17.7 Å². The van der Waals surface area contributed by atoms with Crippen LogP contribution in [0.5, 0.6) is 0 Å². The Morgan fingerprint density at radius 3 is 2.71 bits per heavy atom. The molecule has 0 radical (unpaired) electrons. The molecule has 4 atom stereocenters. The standard InChI is InChI=1S/C12H14FN5O3/c1-4(19)5-2-6(9(21)8(5)20)18-3-15-7-10(14)16-12(13)17-11(7)18/h2-4,6,8-9,19-21H,1H3,(H2,14,16,17)/t4-,6+,8+,9-/m0/s1. The van der Waals surface area contributed by atoms with Crippen LogP contribution in [0.2, 0.25) is 0 Å². The van der Waals surface area contributed by atoms with Gasteiger partial charge < -0.3 is 25.6 Å². The lowest BCUT2D eigenvalue weighted by Crippen LogP contribution is -2.31. The highest BCUT2D eigenvalue weighted by Crippen LogP contribution is 2.33. The summed E-state index contributed by atoms with van der Waals surface area (Å²) in [7, 11) is 0. The second kappa shape index (κ2) is 4.72. The summed E-state index contributed by atoms with van der Waals surface area (Å²) < 4.78 is 14.7. The number of aliphatic hydroxyl groups is 3. The van der Waals surface area contributed by atoms with Crippen molar-refractivity contribution in [2.24, 2.45) is 0 Å². The normalized spacial score (nSPS) is 27.1. The summed E-state index contributed by atoms with van der Waals surface area (Å²) in [4.78, 5) is 11.0. The van der Waals surface area contributed by atoms with E-state index in [1.54, 1.807) is 0 Å². The summed E-state index contributed by atoms with van der Waals surface area (Å²) in [6.07, 6.45) is -1.49. The van der Waals surface area contributed by atoms with Crippen LogP contribution in [0, 0.1) is 6.08 Å². The maximum atomic E-state index is 13.3. The van der Waals surface area contributed by atoms with Crippen LogP contribution >= 0.6 is 0 Å². The van der Waals surface area contributed by atoms with Gasteiger partial charge in [-0.15, -0.1) is 0 Å². The molecule has 8 nitrogen and oxygen atoms in total. The number of hydrogen-bond donors (Lipinski definition) is 4. The highest BCUT2D eigenvalue weighted by atomic mass is 19.1. The van der Waals surface area contributed by atoms with E-state index in [4.69, 9.17) is 5.73 Å². The molecule has 1 aliphatic rings. The van der Waals surface area contributed by atoms with Crippen LogP contribution in [-0.4, -0.2) is 53.2 Å². The molecule has 1 aliphatic carbocycles. The molecule has 0 fully saturated rings. The first kappa shape index (κ1) is 13.9. The smallest absolute Gasteiger partial charge is 0.312 e. The number of nitrogens with two attached hydrogens (primary N) is 1. The Kier molecular flexibility index (Phi) is 3.12. The molecule has 112 valence electrons. The molecule has 3 rings (SSSR count). The van der Waals surface area contributed by atoms with E-state index in [0.717, 1.165) is 0 Å². The zero-order valence-electron chi connectivity index (χ0n) is 11.0. The fourth-order valence-electron chi connectivity index (χ4n) is 2.54. The summed E-state index contributed by atoms with van der Waals surface area (Å²) in [5, 5.41) is 29.6. The number of rotatable bonds is 2. The fourth-order valence-corrected chi connectivity index (χ4v) is 2.54. The number of hydrogen-bond acceptors (Lipinski definition) is 7. The van der Waals surface area contributed by atoms with Gasteiger partial charge >= 0.3 is 6.08 Å². The largest absolute Gasteiger partial charge is 0.389 e. The quantitative estimate of drug-likeness (QED) is 0.418. The molecular weight excluding hydrogens is 281 g/mol. The summed E-state index contributed by atoms with van der Waals surface area (Å²) in [6.45, 7) is 1.48. The van der Waals surface area contributed by atoms with E-state index < -0.39 is 30.4 Å². The zero-order chi connectivity index (χ0) is 15.3. The zero-order valence-corrected chi connectivity index (χ0v) is 11.0. The molecule has 0 bridgehead atoms. The van der Waals surface area contributed by atoms with E-state index in [2.05, 4.69) is 15.0 Å². The lowest BCUT2D eigenvalue weighted by atomic mass is 10.1. The van der Waals surface area contributed by atoms with Crippen molar-refractivity contribution in [3.05, 3.63) is 24.1 Å². The second-order valence-electron chi connectivity index (χ2n) is 4.97. The Morgan fingerprint density at radius 1 is 1.38 bits per heavy atom. The van der Waals surface area contributed by atoms with Crippen molar-refractivity contribution in [3.63, 3.8) is 0 Å². The molecule has 2 aromatic heterocycles. The topological polar surface area (TPSA) is 130 Å². The SMILES string of the molecule is C[C@H](O)C1=C[C@@H](n2cnc3c(N)nc(F)nc32)[C@H](O)[C@@H]1O. The van der Waals surface area contributed by atoms with Crippen LogP contribution in [-0.2, 0) is 0 Å². The van der Waals surface area contributed by atoms with Gasteiger partial charge in [0.05, 0.1) is 18.5 Å². The minimum Gasteiger partial charge on any atom is -0.389 e. The molecule has 2 heterocycles. The first-order valence-corrected chi connectivity index (χ1v) is 6.31. The molecule has 0 saturated carbocycles. The third-order valence-electron chi connectivity index (χ3n) is 3.60. The van der Waals surface area contributed by atoms with E-state index in [-0.39, 0.29) is 22.6 Å². The molecule has 0 unspecified atom stereocenters. The molecule has 9 heteroatoms. The van der Waals surface area contributed by atoms with Gasteiger partial charge in [-0.1, -0.05) is 6.08 Å². The number of aromatic nitrogens is 4. The third kappa shape index (κ3) is 2.06. The van der Waals surface area contributed by atoms with Gasteiger partial charge in [-0.2, -0.15) is 14.4 Å². The van der Waals surface area contributed by atoms with Crippen molar-refractivity contribution >= 4 is 17.0 Å². The summed E-state index contributed by atoms with van der Waals surface area (Å²) in [5.41, 5.74) is 6.18. The lowest BCUT2D eigenvalue weighted by molar-refractivity contribution is 0.0237. The van der Waals surface area contributed by atoms with Crippen molar-refractivity contribution in [3.8, 4) is 0 Å². The number of anilines is 1. The number of imidazole rings is 1. The van der Waals surface area contributed by atoms with Crippen molar-refractivity contribution in [1.29, 1.82) is 0 Å². The first-order chi connectivity index (χ1) is 9.90. The number of aliphatic hydroxyl groups excluding tert-OH is 3. The minimum absolute atomic E-state index is 0.107.